The van der Waals surface area contributed by atoms with Crippen molar-refractivity contribution in [3.63, 3.8) is 0 Å². The van der Waals surface area contributed by atoms with Gasteiger partial charge in [0.15, 0.2) is 5.69 Å². The lowest BCUT2D eigenvalue weighted by Crippen LogP contribution is -2.34. The molecule has 0 spiro atoms. The average molecular weight is 408 g/mol. The highest BCUT2D eigenvalue weighted by atomic mass is 32.2. The van der Waals surface area contributed by atoms with Crippen molar-refractivity contribution >= 4 is 37.5 Å². The highest BCUT2D eigenvalue weighted by molar-refractivity contribution is 7.90. The van der Waals surface area contributed by atoms with Crippen LogP contribution in [0.2, 0.25) is 0 Å². The zero-order valence-corrected chi connectivity index (χ0v) is 16.2. The van der Waals surface area contributed by atoms with Gasteiger partial charge in [-0.15, -0.1) is 0 Å². The molecule has 0 aliphatic heterocycles. The van der Waals surface area contributed by atoms with Crippen LogP contribution in [0.4, 0.5) is 0 Å². The van der Waals surface area contributed by atoms with E-state index in [-0.39, 0.29) is 28.1 Å². The van der Waals surface area contributed by atoms with Crippen molar-refractivity contribution in [3.8, 4) is 0 Å². The smallest absolute Gasteiger partial charge is 0.267 e. The largest absolute Gasteiger partial charge is 0.286 e. The number of sulfonamides is 1. The molecule has 146 valence electrons. The molecule has 0 radical (unpaired) electrons. The Morgan fingerprint density at radius 1 is 1.03 bits per heavy atom. The summed E-state index contributed by atoms with van der Waals surface area (Å²) in [5, 5.41) is 5.73. The summed E-state index contributed by atoms with van der Waals surface area (Å²) in [6, 6.07) is 12.8. The second kappa shape index (κ2) is 7.10. The third kappa shape index (κ3) is 3.25. The van der Waals surface area contributed by atoms with Crippen LogP contribution in [0, 0.1) is 0 Å². The standard InChI is InChI=1S/C20H16N4O4S/c1-2-24-20(26)16-8-4-3-7-15(16)18(22-24)19(25)23-29(27,28)17-9-5-6-13-12-21-11-10-14(13)17/h3-12H,2H2,1H3,(H,23,25). The first kappa shape index (κ1) is 18.8. The molecule has 29 heavy (non-hydrogen) atoms. The van der Waals surface area contributed by atoms with E-state index in [0.29, 0.717) is 16.2 Å². The van der Waals surface area contributed by atoms with Crippen molar-refractivity contribution in [1.82, 2.24) is 19.5 Å². The van der Waals surface area contributed by atoms with Crippen molar-refractivity contribution in [3.05, 3.63) is 77.0 Å². The van der Waals surface area contributed by atoms with Crippen molar-refractivity contribution < 1.29 is 13.2 Å². The topological polar surface area (TPSA) is 111 Å². The third-order valence-electron chi connectivity index (χ3n) is 4.54. The molecule has 0 atom stereocenters. The van der Waals surface area contributed by atoms with Crippen molar-refractivity contribution in [2.45, 2.75) is 18.4 Å². The minimum absolute atomic E-state index is 0.0427. The molecule has 4 aromatic rings. The van der Waals surface area contributed by atoms with Gasteiger partial charge in [0.25, 0.3) is 21.5 Å². The molecular weight excluding hydrogens is 392 g/mol. The molecule has 0 saturated heterocycles. The molecule has 2 aromatic carbocycles. The Hall–Kier alpha value is -3.59. The van der Waals surface area contributed by atoms with Crippen LogP contribution in [-0.2, 0) is 16.6 Å². The fraction of sp³-hybridized carbons (Fsp3) is 0.100. The maximum absolute atomic E-state index is 12.9. The predicted molar refractivity (Wildman–Crippen MR) is 108 cm³/mol. The highest BCUT2D eigenvalue weighted by Gasteiger charge is 2.24. The summed E-state index contributed by atoms with van der Waals surface area (Å²) in [6.45, 7) is 1.96. The minimum atomic E-state index is -4.19. The lowest BCUT2D eigenvalue weighted by atomic mass is 10.1. The fourth-order valence-electron chi connectivity index (χ4n) is 3.17. The number of pyridine rings is 1. The number of rotatable bonds is 4. The summed E-state index contributed by atoms with van der Waals surface area (Å²) < 4.78 is 29.1. The van der Waals surface area contributed by atoms with Gasteiger partial charge in [0.05, 0.1) is 10.3 Å². The van der Waals surface area contributed by atoms with E-state index in [2.05, 4.69) is 14.8 Å². The Labute approximate surface area is 165 Å². The number of aryl methyl sites for hydroxylation is 1. The third-order valence-corrected chi connectivity index (χ3v) is 5.93. The fourth-order valence-corrected chi connectivity index (χ4v) is 4.35. The number of nitrogens with one attached hydrogen (secondary N) is 1. The molecular formula is C20H16N4O4S. The van der Waals surface area contributed by atoms with Gasteiger partial charge in [-0.2, -0.15) is 5.10 Å². The van der Waals surface area contributed by atoms with E-state index >= 15 is 0 Å². The van der Waals surface area contributed by atoms with Crippen molar-refractivity contribution in [2.24, 2.45) is 0 Å². The van der Waals surface area contributed by atoms with Gasteiger partial charge in [-0.1, -0.05) is 30.3 Å². The van der Waals surface area contributed by atoms with Gasteiger partial charge >= 0.3 is 0 Å². The van der Waals surface area contributed by atoms with Crippen LogP contribution in [0.1, 0.15) is 17.4 Å². The Morgan fingerprint density at radius 2 is 1.79 bits per heavy atom. The molecule has 8 nitrogen and oxygen atoms in total. The summed E-state index contributed by atoms with van der Waals surface area (Å²) >= 11 is 0. The summed E-state index contributed by atoms with van der Waals surface area (Å²) in [4.78, 5) is 29.3. The Bertz CT molecular complexity index is 1420. The van der Waals surface area contributed by atoms with E-state index in [1.807, 2.05) is 0 Å². The second-order valence-corrected chi connectivity index (χ2v) is 7.95. The van der Waals surface area contributed by atoms with Gasteiger partial charge in [-0.05, 0) is 25.1 Å². The van der Waals surface area contributed by atoms with Gasteiger partial charge < -0.3 is 0 Å². The van der Waals surface area contributed by atoms with E-state index < -0.39 is 15.9 Å². The molecule has 1 N–H and O–H groups in total. The molecule has 0 fully saturated rings. The Kier molecular flexibility index (Phi) is 4.59. The molecule has 9 heteroatoms. The molecule has 4 rings (SSSR count). The molecule has 2 heterocycles. The van der Waals surface area contributed by atoms with Crippen LogP contribution in [0.15, 0.2) is 70.6 Å². The van der Waals surface area contributed by atoms with Crippen LogP contribution < -0.4 is 10.3 Å². The van der Waals surface area contributed by atoms with Crippen LogP contribution in [-0.4, -0.2) is 29.1 Å². The second-order valence-electron chi connectivity index (χ2n) is 6.30. The monoisotopic (exact) mass is 408 g/mol. The molecule has 0 aliphatic carbocycles. The molecule has 1 amide bonds. The molecule has 0 bridgehead atoms. The van der Waals surface area contributed by atoms with E-state index in [1.165, 1.54) is 12.3 Å². The van der Waals surface area contributed by atoms with Crippen LogP contribution in [0.5, 0.6) is 0 Å². The highest BCUT2D eigenvalue weighted by Crippen LogP contribution is 2.22. The van der Waals surface area contributed by atoms with Crippen LogP contribution >= 0.6 is 0 Å². The van der Waals surface area contributed by atoms with Gasteiger partial charge in [0, 0.05) is 35.1 Å². The average Bonchev–Trinajstić information content (AvgIpc) is 2.73. The number of fused-ring (bicyclic) bond motifs is 2. The minimum Gasteiger partial charge on any atom is -0.267 e. The van der Waals surface area contributed by atoms with Gasteiger partial charge in [0.1, 0.15) is 0 Å². The number of carbonyl (C=O) groups excluding carboxylic acids is 1. The summed E-state index contributed by atoms with van der Waals surface area (Å²) in [5.41, 5.74) is -0.475. The Morgan fingerprint density at radius 3 is 2.55 bits per heavy atom. The summed E-state index contributed by atoms with van der Waals surface area (Å²) in [5.74, 6) is -0.908. The van der Waals surface area contributed by atoms with Crippen molar-refractivity contribution in [2.75, 3.05) is 0 Å². The number of benzene rings is 2. The normalized spacial score (nSPS) is 11.6. The first-order valence-electron chi connectivity index (χ1n) is 8.82. The van der Waals surface area contributed by atoms with E-state index in [9.17, 15) is 18.0 Å². The van der Waals surface area contributed by atoms with Crippen LogP contribution in [0.25, 0.3) is 21.5 Å². The molecule has 0 aliphatic rings. The first-order chi connectivity index (χ1) is 13.9. The SMILES string of the molecule is CCn1nc(C(=O)NS(=O)(=O)c2cccc3cnccc23)c2ccccc2c1=O. The number of aromatic nitrogens is 3. The predicted octanol–water partition coefficient (Wildman–Crippen LogP) is 2.08. The number of nitrogens with zero attached hydrogens (tertiary/aromatic N) is 3. The Balaban J connectivity index is 1.82. The maximum Gasteiger partial charge on any atom is 0.286 e. The lowest BCUT2D eigenvalue weighted by Gasteiger charge is -2.12. The number of amides is 1. The summed E-state index contributed by atoms with van der Waals surface area (Å²) in [6.07, 6.45) is 3.03. The van der Waals surface area contributed by atoms with E-state index in [4.69, 9.17) is 0 Å². The van der Waals surface area contributed by atoms with Gasteiger partial charge in [0.2, 0.25) is 0 Å². The molecule has 0 saturated carbocycles. The van der Waals surface area contributed by atoms with Crippen LogP contribution in [0.3, 0.4) is 0 Å². The van der Waals surface area contributed by atoms with E-state index in [0.717, 1.165) is 4.68 Å². The zero-order chi connectivity index (χ0) is 20.6. The van der Waals surface area contributed by atoms with Gasteiger partial charge in [-0.25, -0.2) is 17.8 Å². The molecule has 2 aromatic heterocycles. The first-order valence-corrected chi connectivity index (χ1v) is 10.3. The number of carbonyl (C=O) groups is 1. The van der Waals surface area contributed by atoms with E-state index in [1.54, 1.807) is 55.6 Å². The quantitative estimate of drug-likeness (QED) is 0.553. The van der Waals surface area contributed by atoms with Gasteiger partial charge in [-0.3, -0.25) is 14.6 Å². The number of hydrogen-bond donors (Lipinski definition) is 1. The molecule has 0 unspecified atom stereocenters. The number of hydrogen-bond acceptors (Lipinski definition) is 6. The van der Waals surface area contributed by atoms with Crippen molar-refractivity contribution in [1.29, 1.82) is 0 Å². The zero-order valence-electron chi connectivity index (χ0n) is 15.4. The summed E-state index contributed by atoms with van der Waals surface area (Å²) in [7, 11) is -4.19. The lowest BCUT2D eigenvalue weighted by molar-refractivity contribution is 0.0976. The maximum atomic E-state index is 12.9.